The van der Waals surface area contributed by atoms with Crippen molar-refractivity contribution in [2.24, 2.45) is 0 Å². The molecule has 1 aromatic heterocycles. The number of halogens is 2. The van der Waals surface area contributed by atoms with Gasteiger partial charge < -0.3 is 5.32 Å². The Morgan fingerprint density at radius 2 is 2.00 bits per heavy atom. The summed E-state index contributed by atoms with van der Waals surface area (Å²) in [6.07, 6.45) is 4.45. The van der Waals surface area contributed by atoms with Crippen molar-refractivity contribution in [3.8, 4) is 0 Å². The fourth-order valence-corrected chi connectivity index (χ4v) is 5.84. The number of benzene rings is 1. The number of nitrogens with one attached hydrogen (secondary N) is 1. The summed E-state index contributed by atoms with van der Waals surface area (Å²) in [5.41, 5.74) is 2.12. The van der Waals surface area contributed by atoms with Gasteiger partial charge in [0.2, 0.25) is 10.0 Å². The standard InChI is InChI=1S/C19H23F2N5O3S/c1-22-18(27)17-11-25(24-23-17)10-15-9-19(20,21)12-26(15)30(28,29)16-7-6-13-4-2-3-5-14(13)8-16/h6-8,11,15H,2-5,9-10,12H2,1H3,(H,22,27)/t15-/m0/s1. The molecule has 1 aromatic carbocycles. The maximum Gasteiger partial charge on any atom is 0.273 e. The fourth-order valence-electron chi connectivity index (χ4n) is 4.15. The summed E-state index contributed by atoms with van der Waals surface area (Å²) in [6, 6.07) is 3.92. The number of sulfonamides is 1. The zero-order valence-electron chi connectivity index (χ0n) is 16.5. The Balaban J connectivity index is 1.62. The van der Waals surface area contributed by atoms with Gasteiger partial charge in [-0.3, -0.25) is 9.48 Å². The third-order valence-corrected chi connectivity index (χ3v) is 7.55. The van der Waals surface area contributed by atoms with E-state index in [1.54, 1.807) is 12.1 Å². The SMILES string of the molecule is CNC(=O)c1cn(C[C@@H]2CC(F)(F)CN2S(=O)(=O)c2ccc3c(c2)CCCC3)nn1. The highest BCUT2D eigenvalue weighted by atomic mass is 32.2. The molecule has 1 N–H and O–H groups in total. The summed E-state index contributed by atoms with van der Waals surface area (Å²) in [5, 5.41) is 9.89. The van der Waals surface area contributed by atoms with Gasteiger partial charge in [0.25, 0.3) is 11.8 Å². The lowest BCUT2D eigenvalue weighted by molar-refractivity contribution is 0.0168. The highest BCUT2D eigenvalue weighted by molar-refractivity contribution is 7.89. The highest BCUT2D eigenvalue weighted by Gasteiger charge is 2.50. The molecule has 0 saturated carbocycles. The molecule has 8 nitrogen and oxygen atoms in total. The number of rotatable bonds is 5. The third-order valence-electron chi connectivity index (χ3n) is 5.65. The van der Waals surface area contributed by atoms with Crippen LogP contribution in [0.1, 0.15) is 40.9 Å². The smallest absolute Gasteiger partial charge is 0.273 e. The van der Waals surface area contributed by atoms with Crippen LogP contribution in [0, 0.1) is 0 Å². The number of carbonyl (C=O) groups is 1. The summed E-state index contributed by atoms with van der Waals surface area (Å²) in [4.78, 5) is 11.7. The van der Waals surface area contributed by atoms with Gasteiger partial charge in [0.05, 0.1) is 30.2 Å². The molecule has 2 heterocycles. The van der Waals surface area contributed by atoms with Gasteiger partial charge >= 0.3 is 0 Å². The molecule has 1 amide bonds. The number of fused-ring (bicyclic) bond motifs is 1. The van der Waals surface area contributed by atoms with Gasteiger partial charge in [-0.25, -0.2) is 17.2 Å². The van der Waals surface area contributed by atoms with Crippen LogP contribution >= 0.6 is 0 Å². The van der Waals surface area contributed by atoms with E-state index >= 15 is 0 Å². The van der Waals surface area contributed by atoms with Gasteiger partial charge in [-0.1, -0.05) is 11.3 Å². The molecule has 1 atom stereocenters. The second-order valence-corrected chi connectivity index (χ2v) is 9.70. The van der Waals surface area contributed by atoms with Gasteiger partial charge in [0, 0.05) is 13.5 Å². The van der Waals surface area contributed by atoms with E-state index in [1.165, 1.54) is 24.0 Å². The minimum absolute atomic E-state index is 0.0337. The Morgan fingerprint density at radius 3 is 2.73 bits per heavy atom. The molecule has 4 rings (SSSR count). The molecule has 11 heteroatoms. The number of amides is 1. The Morgan fingerprint density at radius 1 is 1.27 bits per heavy atom. The van der Waals surface area contributed by atoms with E-state index in [2.05, 4.69) is 15.6 Å². The second-order valence-electron chi connectivity index (χ2n) is 7.81. The molecule has 2 aromatic rings. The van der Waals surface area contributed by atoms with E-state index in [-0.39, 0.29) is 17.1 Å². The average molecular weight is 439 g/mol. The molecular formula is C19H23F2N5O3S. The topological polar surface area (TPSA) is 97.2 Å². The number of carbonyl (C=O) groups excluding carboxylic acids is 1. The molecule has 162 valence electrons. The van der Waals surface area contributed by atoms with Crippen LogP contribution in [-0.4, -0.2) is 59.2 Å². The molecule has 2 aliphatic rings. The first kappa shape index (κ1) is 20.9. The van der Waals surface area contributed by atoms with Crippen molar-refractivity contribution in [1.82, 2.24) is 24.6 Å². The molecule has 0 bridgehead atoms. The number of hydrogen-bond donors (Lipinski definition) is 1. The monoisotopic (exact) mass is 439 g/mol. The Bertz CT molecular complexity index is 1070. The van der Waals surface area contributed by atoms with Crippen molar-refractivity contribution in [2.45, 2.75) is 55.5 Å². The largest absolute Gasteiger partial charge is 0.354 e. The van der Waals surface area contributed by atoms with Crippen molar-refractivity contribution >= 4 is 15.9 Å². The quantitative estimate of drug-likeness (QED) is 0.764. The molecule has 30 heavy (non-hydrogen) atoms. The lowest BCUT2D eigenvalue weighted by Gasteiger charge is -2.24. The van der Waals surface area contributed by atoms with Crippen molar-refractivity contribution in [3.63, 3.8) is 0 Å². The van der Waals surface area contributed by atoms with Crippen LogP contribution < -0.4 is 5.32 Å². The summed E-state index contributed by atoms with van der Waals surface area (Å²) in [5.74, 6) is -3.60. The van der Waals surface area contributed by atoms with E-state index in [9.17, 15) is 22.0 Å². The maximum atomic E-state index is 14.2. The number of alkyl halides is 2. The predicted octanol–water partition coefficient (Wildman–Crippen LogP) is 1.61. The molecule has 0 unspecified atom stereocenters. The van der Waals surface area contributed by atoms with Crippen molar-refractivity contribution in [1.29, 1.82) is 0 Å². The van der Waals surface area contributed by atoms with Gasteiger partial charge in [-0.2, -0.15) is 4.31 Å². The Kier molecular flexibility index (Phi) is 5.35. The summed E-state index contributed by atoms with van der Waals surface area (Å²) < 4.78 is 57.1. The maximum absolute atomic E-state index is 14.2. The van der Waals surface area contributed by atoms with Crippen LogP contribution in [0.4, 0.5) is 8.78 Å². The van der Waals surface area contributed by atoms with Crippen LogP contribution in [0.25, 0.3) is 0 Å². The molecule has 1 aliphatic heterocycles. The lowest BCUT2D eigenvalue weighted by Crippen LogP contribution is -2.38. The first-order valence-electron chi connectivity index (χ1n) is 9.83. The third kappa shape index (κ3) is 3.95. The zero-order chi connectivity index (χ0) is 21.5. The number of aryl methyl sites for hydroxylation is 2. The van der Waals surface area contributed by atoms with Crippen LogP contribution in [0.2, 0.25) is 0 Å². The first-order chi connectivity index (χ1) is 14.2. The molecule has 0 radical (unpaired) electrons. The van der Waals surface area contributed by atoms with E-state index in [0.717, 1.165) is 41.1 Å². The molecule has 0 spiro atoms. The molecule has 1 aliphatic carbocycles. The molecule has 1 saturated heterocycles. The lowest BCUT2D eigenvalue weighted by atomic mass is 9.92. The van der Waals surface area contributed by atoms with Gasteiger partial charge in [0.15, 0.2) is 5.69 Å². The van der Waals surface area contributed by atoms with Gasteiger partial charge in [0.1, 0.15) is 0 Å². The normalized spacial score (nSPS) is 21.4. The van der Waals surface area contributed by atoms with Crippen LogP contribution in [-0.2, 0) is 29.4 Å². The Hall–Kier alpha value is -2.40. The van der Waals surface area contributed by atoms with E-state index < -0.39 is 40.9 Å². The highest BCUT2D eigenvalue weighted by Crippen LogP contribution is 2.37. The van der Waals surface area contributed by atoms with Crippen molar-refractivity contribution in [3.05, 3.63) is 41.2 Å². The second kappa shape index (κ2) is 7.69. The summed E-state index contributed by atoms with van der Waals surface area (Å²) in [6.45, 7) is -1.00. The van der Waals surface area contributed by atoms with Crippen LogP contribution in [0.5, 0.6) is 0 Å². The number of nitrogens with zero attached hydrogens (tertiary/aromatic N) is 4. The number of hydrogen-bond acceptors (Lipinski definition) is 5. The fraction of sp³-hybridized carbons (Fsp3) is 0.526. The van der Waals surface area contributed by atoms with E-state index in [0.29, 0.717) is 0 Å². The van der Waals surface area contributed by atoms with Crippen molar-refractivity contribution in [2.75, 3.05) is 13.6 Å². The molecule has 1 fully saturated rings. The summed E-state index contributed by atoms with van der Waals surface area (Å²) >= 11 is 0. The van der Waals surface area contributed by atoms with Crippen LogP contribution in [0.15, 0.2) is 29.3 Å². The zero-order valence-corrected chi connectivity index (χ0v) is 17.3. The average Bonchev–Trinajstić information content (AvgIpc) is 3.31. The Labute approximate surface area is 173 Å². The first-order valence-corrected chi connectivity index (χ1v) is 11.3. The van der Waals surface area contributed by atoms with E-state index in [1.807, 2.05) is 0 Å². The summed E-state index contributed by atoms with van der Waals surface area (Å²) in [7, 11) is -2.68. The van der Waals surface area contributed by atoms with Gasteiger partial charge in [-0.05, 0) is 48.9 Å². The van der Waals surface area contributed by atoms with E-state index in [4.69, 9.17) is 0 Å². The molecular weight excluding hydrogens is 416 g/mol. The van der Waals surface area contributed by atoms with Crippen molar-refractivity contribution < 1.29 is 22.0 Å². The van der Waals surface area contributed by atoms with Crippen LogP contribution in [0.3, 0.4) is 0 Å². The predicted molar refractivity (Wildman–Crippen MR) is 104 cm³/mol. The van der Waals surface area contributed by atoms with Gasteiger partial charge in [-0.15, -0.1) is 5.10 Å². The minimum Gasteiger partial charge on any atom is -0.354 e. The number of aromatic nitrogens is 3. The minimum atomic E-state index is -4.11.